The number of methoxy groups -OCH3 is 1. The molecule has 2 fully saturated rings. The van der Waals surface area contributed by atoms with Crippen molar-refractivity contribution < 1.29 is 19.1 Å². The van der Waals surface area contributed by atoms with Crippen molar-refractivity contribution in [2.45, 2.75) is 18.9 Å². The minimum atomic E-state index is -0.493. The van der Waals surface area contributed by atoms with Crippen LogP contribution >= 0.6 is 0 Å². The molecule has 1 aromatic rings. The molecule has 122 valence electrons. The number of rotatable bonds is 4. The topological polar surface area (TPSA) is 79.0 Å². The smallest absolute Gasteiger partial charge is 0.324 e. The SMILES string of the molecule is COc1cccc([C@@H]2CCN2C(=O)CN2C(=O)CCNC2=O)c1. The van der Waals surface area contributed by atoms with Crippen molar-refractivity contribution in [2.24, 2.45) is 0 Å². The number of benzene rings is 1. The number of imide groups is 1. The molecule has 2 saturated heterocycles. The van der Waals surface area contributed by atoms with Crippen LogP contribution in [-0.4, -0.2) is 54.4 Å². The Labute approximate surface area is 134 Å². The third kappa shape index (κ3) is 2.99. The van der Waals surface area contributed by atoms with E-state index in [9.17, 15) is 14.4 Å². The van der Waals surface area contributed by atoms with Gasteiger partial charge in [-0.2, -0.15) is 0 Å². The van der Waals surface area contributed by atoms with E-state index in [1.807, 2.05) is 24.3 Å². The van der Waals surface area contributed by atoms with E-state index in [0.29, 0.717) is 13.1 Å². The van der Waals surface area contributed by atoms with Gasteiger partial charge >= 0.3 is 6.03 Å². The lowest BCUT2D eigenvalue weighted by atomic mass is 9.94. The van der Waals surface area contributed by atoms with Gasteiger partial charge in [-0.15, -0.1) is 0 Å². The lowest BCUT2D eigenvalue weighted by Gasteiger charge is -2.42. The normalized spacial score (nSPS) is 20.8. The van der Waals surface area contributed by atoms with Gasteiger partial charge in [-0.3, -0.25) is 14.5 Å². The Morgan fingerprint density at radius 3 is 2.87 bits per heavy atom. The summed E-state index contributed by atoms with van der Waals surface area (Å²) in [5, 5.41) is 2.58. The highest BCUT2D eigenvalue weighted by atomic mass is 16.5. The summed E-state index contributed by atoms with van der Waals surface area (Å²) in [7, 11) is 1.60. The molecule has 0 spiro atoms. The van der Waals surface area contributed by atoms with E-state index >= 15 is 0 Å². The van der Waals surface area contributed by atoms with Crippen molar-refractivity contribution in [3.63, 3.8) is 0 Å². The summed E-state index contributed by atoms with van der Waals surface area (Å²) < 4.78 is 5.21. The van der Waals surface area contributed by atoms with E-state index in [-0.39, 0.29) is 30.8 Å². The van der Waals surface area contributed by atoms with Crippen LogP contribution in [0.5, 0.6) is 5.75 Å². The highest BCUT2D eigenvalue weighted by molar-refractivity contribution is 6.00. The van der Waals surface area contributed by atoms with Crippen LogP contribution in [0.2, 0.25) is 0 Å². The molecule has 1 aromatic carbocycles. The van der Waals surface area contributed by atoms with Crippen LogP contribution < -0.4 is 10.1 Å². The number of amides is 4. The third-order valence-electron chi connectivity index (χ3n) is 4.27. The number of ether oxygens (including phenoxy) is 1. The van der Waals surface area contributed by atoms with Gasteiger partial charge in [0.15, 0.2) is 0 Å². The first-order valence-corrected chi connectivity index (χ1v) is 7.62. The zero-order valence-electron chi connectivity index (χ0n) is 12.9. The quantitative estimate of drug-likeness (QED) is 0.895. The van der Waals surface area contributed by atoms with Crippen molar-refractivity contribution in [3.05, 3.63) is 29.8 Å². The molecule has 4 amide bonds. The molecule has 1 atom stereocenters. The van der Waals surface area contributed by atoms with Crippen LogP contribution in [0.25, 0.3) is 0 Å². The lowest BCUT2D eigenvalue weighted by molar-refractivity contribution is -0.144. The van der Waals surface area contributed by atoms with Gasteiger partial charge in [0.2, 0.25) is 11.8 Å². The fourth-order valence-corrected chi connectivity index (χ4v) is 2.89. The number of nitrogens with one attached hydrogen (secondary N) is 1. The summed E-state index contributed by atoms with van der Waals surface area (Å²) in [4.78, 5) is 38.6. The number of hydrogen-bond acceptors (Lipinski definition) is 4. The standard InChI is InChI=1S/C16H19N3O4/c1-23-12-4-2-3-11(9-12)13-6-8-18(13)15(21)10-19-14(20)5-7-17-16(19)22/h2-4,9,13H,5-8,10H2,1H3,(H,17,22)/t13-/m0/s1. The summed E-state index contributed by atoms with van der Waals surface area (Å²) in [6.07, 6.45) is 1.09. The molecule has 0 unspecified atom stereocenters. The van der Waals surface area contributed by atoms with Crippen LogP contribution in [0.15, 0.2) is 24.3 Å². The van der Waals surface area contributed by atoms with Crippen LogP contribution in [0.1, 0.15) is 24.4 Å². The van der Waals surface area contributed by atoms with Crippen molar-refractivity contribution in [1.29, 1.82) is 0 Å². The van der Waals surface area contributed by atoms with Gasteiger partial charge in [-0.05, 0) is 24.1 Å². The average Bonchev–Trinajstić information content (AvgIpc) is 2.50. The molecule has 2 aliphatic rings. The number of carbonyl (C=O) groups excluding carboxylic acids is 3. The van der Waals surface area contributed by atoms with E-state index in [0.717, 1.165) is 22.6 Å². The second-order valence-electron chi connectivity index (χ2n) is 5.63. The van der Waals surface area contributed by atoms with Crippen LogP contribution in [0.4, 0.5) is 4.79 Å². The summed E-state index contributed by atoms with van der Waals surface area (Å²) in [5.41, 5.74) is 0.998. The summed E-state index contributed by atoms with van der Waals surface area (Å²) in [5.74, 6) is 0.224. The zero-order chi connectivity index (χ0) is 16.4. The first-order chi connectivity index (χ1) is 11.1. The molecule has 1 N–H and O–H groups in total. The van der Waals surface area contributed by atoms with Gasteiger partial charge in [0.25, 0.3) is 0 Å². The Hall–Kier alpha value is -2.57. The third-order valence-corrected chi connectivity index (χ3v) is 4.27. The van der Waals surface area contributed by atoms with E-state index in [4.69, 9.17) is 4.74 Å². The molecule has 0 radical (unpaired) electrons. The Balaban J connectivity index is 1.68. The van der Waals surface area contributed by atoms with Crippen molar-refractivity contribution >= 4 is 17.8 Å². The van der Waals surface area contributed by atoms with Gasteiger partial charge in [-0.1, -0.05) is 12.1 Å². The average molecular weight is 317 g/mol. The first kappa shape index (κ1) is 15.3. The Morgan fingerprint density at radius 1 is 1.39 bits per heavy atom. The first-order valence-electron chi connectivity index (χ1n) is 7.62. The van der Waals surface area contributed by atoms with Gasteiger partial charge in [0, 0.05) is 19.5 Å². The van der Waals surface area contributed by atoms with Gasteiger partial charge < -0.3 is 15.0 Å². The van der Waals surface area contributed by atoms with Gasteiger partial charge in [0.05, 0.1) is 13.2 Å². The van der Waals surface area contributed by atoms with Crippen LogP contribution in [0, 0.1) is 0 Å². The van der Waals surface area contributed by atoms with E-state index in [1.165, 1.54) is 0 Å². The van der Waals surface area contributed by atoms with Gasteiger partial charge in [0.1, 0.15) is 12.3 Å². The van der Waals surface area contributed by atoms with Crippen molar-refractivity contribution in [1.82, 2.24) is 15.1 Å². The molecule has 7 nitrogen and oxygen atoms in total. The highest BCUT2D eigenvalue weighted by Crippen LogP contribution is 2.34. The number of likely N-dealkylation sites (tertiary alicyclic amines) is 1. The van der Waals surface area contributed by atoms with E-state index in [1.54, 1.807) is 12.0 Å². The van der Waals surface area contributed by atoms with Gasteiger partial charge in [-0.25, -0.2) is 4.79 Å². The second-order valence-corrected chi connectivity index (χ2v) is 5.63. The minimum Gasteiger partial charge on any atom is -0.497 e. The molecule has 2 heterocycles. The molecular formula is C16H19N3O4. The number of carbonyl (C=O) groups is 3. The summed E-state index contributed by atoms with van der Waals surface area (Å²) >= 11 is 0. The van der Waals surface area contributed by atoms with Crippen LogP contribution in [-0.2, 0) is 9.59 Å². The second kappa shape index (κ2) is 6.28. The maximum Gasteiger partial charge on any atom is 0.324 e. The largest absolute Gasteiger partial charge is 0.497 e. The minimum absolute atomic E-state index is 0.0273. The Bertz CT molecular complexity index is 630. The Morgan fingerprint density at radius 2 is 2.22 bits per heavy atom. The monoisotopic (exact) mass is 317 g/mol. The summed E-state index contributed by atoms with van der Waals surface area (Å²) in [6, 6.07) is 7.07. The predicted molar refractivity (Wildman–Crippen MR) is 81.8 cm³/mol. The number of nitrogens with zero attached hydrogens (tertiary/aromatic N) is 2. The molecule has 0 bridgehead atoms. The van der Waals surface area contributed by atoms with Crippen molar-refractivity contribution in [2.75, 3.05) is 26.7 Å². The zero-order valence-corrected chi connectivity index (χ0v) is 12.9. The number of urea groups is 1. The molecule has 0 saturated carbocycles. The fourth-order valence-electron chi connectivity index (χ4n) is 2.89. The van der Waals surface area contributed by atoms with Crippen molar-refractivity contribution in [3.8, 4) is 5.75 Å². The molecule has 7 heteroatoms. The molecule has 0 aliphatic carbocycles. The predicted octanol–water partition coefficient (Wildman–Crippen LogP) is 0.910. The molecule has 3 rings (SSSR count). The lowest BCUT2D eigenvalue weighted by Crippen LogP contribution is -2.55. The Kier molecular flexibility index (Phi) is 4.18. The highest BCUT2D eigenvalue weighted by Gasteiger charge is 2.36. The molecular weight excluding hydrogens is 298 g/mol. The summed E-state index contributed by atoms with van der Waals surface area (Å²) in [6.45, 7) is 0.758. The van der Waals surface area contributed by atoms with Crippen LogP contribution in [0.3, 0.4) is 0 Å². The van der Waals surface area contributed by atoms with E-state index < -0.39 is 6.03 Å². The maximum absolute atomic E-state index is 12.4. The maximum atomic E-state index is 12.4. The number of hydrogen-bond donors (Lipinski definition) is 1. The molecule has 0 aromatic heterocycles. The fraction of sp³-hybridized carbons (Fsp3) is 0.438. The van der Waals surface area contributed by atoms with E-state index in [2.05, 4.69) is 5.32 Å². The molecule has 2 aliphatic heterocycles. The molecule has 23 heavy (non-hydrogen) atoms.